The molecule has 7 nitrogen and oxygen atoms in total. The zero-order valence-corrected chi connectivity index (χ0v) is 19.1. The standard InChI is InChI=1S/C24H35NO6/c1-17-9-8-12-19(26)11-7-5-6-10-18-13-21(30-16-20(27)15-25(2)3)14-22(29-4)23(18)24(28)31-17/h6,10,13-14,17,20,27H,5,7-9,11-12,15-16H2,1-4H3/b10-6+/t17-,20-/m0/s1. The van der Waals surface area contributed by atoms with Crippen LogP contribution in [-0.2, 0) is 9.53 Å². The van der Waals surface area contributed by atoms with Crippen molar-refractivity contribution < 1.29 is 28.9 Å². The topological polar surface area (TPSA) is 85.3 Å². The van der Waals surface area contributed by atoms with Crippen LogP contribution in [0.5, 0.6) is 11.5 Å². The number of ether oxygens (including phenoxy) is 3. The lowest BCUT2D eigenvalue weighted by Gasteiger charge is -2.19. The van der Waals surface area contributed by atoms with Crippen molar-refractivity contribution in [2.75, 3.05) is 34.4 Å². The van der Waals surface area contributed by atoms with Crippen molar-refractivity contribution in [1.82, 2.24) is 4.90 Å². The summed E-state index contributed by atoms with van der Waals surface area (Å²) in [5.74, 6) is 0.638. The summed E-state index contributed by atoms with van der Waals surface area (Å²) in [6.07, 6.45) is 6.75. The van der Waals surface area contributed by atoms with Crippen molar-refractivity contribution in [3.8, 4) is 11.5 Å². The fourth-order valence-electron chi connectivity index (χ4n) is 3.51. The zero-order chi connectivity index (χ0) is 22.8. The molecule has 1 heterocycles. The summed E-state index contributed by atoms with van der Waals surface area (Å²) in [7, 11) is 5.25. The van der Waals surface area contributed by atoms with Gasteiger partial charge in [-0.15, -0.1) is 0 Å². The first-order chi connectivity index (χ1) is 14.8. The Morgan fingerprint density at radius 3 is 2.68 bits per heavy atom. The van der Waals surface area contributed by atoms with Crippen LogP contribution < -0.4 is 9.47 Å². The van der Waals surface area contributed by atoms with Crippen LogP contribution in [0, 0.1) is 0 Å². The van der Waals surface area contributed by atoms with Gasteiger partial charge in [-0.1, -0.05) is 12.2 Å². The Hall–Kier alpha value is -2.38. The third kappa shape index (κ3) is 8.34. The van der Waals surface area contributed by atoms with E-state index in [1.54, 1.807) is 12.1 Å². The number of carbonyl (C=O) groups excluding carboxylic acids is 2. The molecule has 0 spiro atoms. The number of hydrogen-bond donors (Lipinski definition) is 1. The molecule has 1 aliphatic heterocycles. The van der Waals surface area contributed by atoms with Crippen LogP contribution in [0.15, 0.2) is 18.2 Å². The number of likely N-dealkylation sites (N-methyl/N-ethyl adjacent to an activating group) is 1. The number of allylic oxidation sites excluding steroid dienone is 1. The van der Waals surface area contributed by atoms with Gasteiger partial charge < -0.3 is 24.2 Å². The summed E-state index contributed by atoms with van der Waals surface area (Å²) in [6.45, 7) is 2.43. The number of ketones is 1. The molecule has 1 aromatic rings. The van der Waals surface area contributed by atoms with Gasteiger partial charge in [-0.3, -0.25) is 4.79 Å². The SMILES string of the molecule is COc1cc(OC[C@@H](O)CN(C)C)cc2c1C(=O)O[C@@H](C)CCCC(=O)CCC/C=C/2. The lowest BCUT2D eigenvalue weighted by molar-refractivity contribution is -0.119. The number of rotatable bonds is 6. The van der Waals surface area contributed by atoms with Crippen LogP contribution in [0.4, 0.5) is 0 Å². The van der Waals surface area contributed by atoms with Gasteiger partial charge in [0.2, 0.25) is 0 Å². The molecule has 7 heteroatoms. The molecular formula is C24H35NO6. The Kier molecular flexibility index (Phi) is 10.0. The van der Waals surface area contributed by atoms with Crippen LogP contribution >= 0.6 is 0 Å². The summed E-state index contributed by atoms with van der Waals surface area (Å²) in [5, 5.41) is 10.1. The fraction of sp³-hybridized carbons (Fsp3) is 0.583. The Balaban J connectivity index is 2.31. The summed E-state index contributed by atoms with van der Waals surface area (Å²) in [6, 6.07) is 3.39. The molecule has 1 N–H and O–H groups in total. The van der Waals surface area contributed by atoms with Gasteiger partial charge >= 0.3 is 5.97 Å². The number of fused-ring (bicyclic) bond motifs is 1. The largest absolute Gasteiger partial charge is 0.496 e. The third-order valence-corrected chi connectivity index (χ3v) is 5.05. The highest BCUT2D eigenvalue weighted by Gasteiger charge is 2.22. The maximum Gasteiger partial charge on any atom is 0.342 e. The van der Waals surface area contributed by atoms with E-state index in [4.69, 9.17) is 14.2 Å². The van der Waals surface area contributed by atoms with Gasteiger partial charge in [-0.25, -0.2) is 4.79 Å². The maximum absolute atomic E-state index is 12.9. The molecule has 0 aliphatic carbocycles. The van der Waals surface area contributed by atoms with Crippen LogP contribution in [0.3, 0.4) is 0 Å². The summed E-state index contributed by atoms with van der Waals surface area (Å²) in [4.78, 5) is 26.8. The van der Waals surface area contributed by atoms with Gasteiger partial charge in [0.15, 0.2) is 0 Å². The molecule has 0 fully saturated rings. The quantitative estimate of drug-likeness (QED) is 0.688. The van der Waals surface area contributed by atoms with Gasteiger partial charge in [0.1, 0.15) is 35.6 Å². The number of aliphatic hydroxyl groups is 1. The van der Waals surface area contributed by atoms with Gasteiger partial charge in [-0.2, -0.15) is 0 Å². The van der Waals surface area contributed by atoms with E-state index in [9.17, 15) is 14.7 Å². The van der Waals surface area contributed by atoms with E-state index >= 15 is 0 Å². The maximum atomic E-state index is 12.9. The molecule has 0 radical (unpaired) electrons. The zero-order valence-electron chi connectivity index (χ0n) is 19.1. The van der Waals surface area contributed by atoms with Gasteiger partial charge in [0.25, 0.3) is 0 Å². The van der Waals surface area contributed by atoms with E-state index < -0.39 is 12.1 Å². The fourth-order valence-corrected chi connectivity index (χ4v) is 3.51. The molecule has 1 aliphatic rings. The van der Waals surface area contributed by atoms with Crippen molar-refractivity contribution in [3.63, 3.8) is 0 Å². The second-order valence-corrected chi connectivity index (χ2v) is 8.26. The van der Waals surface area contributed by atoms with Crippen molar-refractivity contribution in [1.29, 1.82) is 0 Å². The van der Waals surface area contributed by atoms with Crippen LogP contribution in [0.25, 0.3) is 6.08 Å². The number of aliphatic hydroxyl groups excluding tert-OH is 1. The minimum absolute atomic E-state index is 0.118. The number of esters is 1. The molecule has 0 amide bonds. The first-order valence-electron chi connectivity index (χ1n) is 10.9. The minimum atomic E-state index is -0.645. The number of cyclic esters (lactones) is 1. The van der Waals surface area contributed by atoms with E-state index in [-0.39, 0.29) is 18.5 Å². The highest BCUT2D eigenvalue weighted by Crippen LogP contribution is 2.31. The van der Waals surface area contributed by atoms with Crippen molar-refractivity contribution in [2.24, 2.45) is 0 Å². The predicted octanol–water partition coefficient (Wildman–Crippen LogP) is 3.48. The Morgan fingerprint density at radius 1 is 1.23 bits per heavy atom. The number of Topliss-reactive ketones (excluding diaryl/α,β-unsaturated/α-hetero) is 1. The molecule has 0 aromatic heterocycles. The van der Waals surface area contributed by atoms with Crippen molar-refractivity contribution in [2.45, 2.75) is 57.7 Å². The van der Waals surface area contributed by atoms with Gasteiger partial charge in [0.05, 0.1) is 13.2 Å². The van der Waals surface area contributed by atoms with E-state index in [2.05, 4.69) is 0 Å². The van der Waals surface area contributed by atoms with Crippen LogP contribution in [-0.4, -0.2) is 68.3 Å². The first kappa shape index (κ1) is 24.9. The molecule has 2 rings (SSSR count). The highest BCUT2D eigenvalue weighted by molar-refractivity contribution is 5.97. The molecular weight excluding hydrogens is 398 g/mol. The van der Waals surface area contributed by atoms with Crippen LogP contribution in [0.2, 0.25) is 0 Å². The summed E-state index contributed by atoms with van der Waals surface area (Å²) >= 11 is 0. The van der Waals surface area contributed by atoms with Crippen molar-refractivity contribution in [3.05, 3.63) is 29.3 Å². The van der Waals surface area contributed by atoms with E-state index in [1.165, 1.54) is 7.11 Å². The number of nitrogens with zero attached hydrogens (tertiary/aromatic N) is 1. The van der Waals surface area contributed by atoms with E-state index in [1.807, 2.05) is 38.1 Å². The summed E-state index contributed by atoms with van der Waals surface area (Å²) < 4.78 is 16.9. The second kappa shape index (κ2) is 12.5. The number of carbonyl (C=O) groups is 2. The lowest BCUT2D eigenvalue weighted by atomic mass is 10.0. The van der Waals surface area contributed by atoms with E-state index in [0.717, 1.165) is 12.8 Å². The average molecular weight is 434 g/mol. The molecule has 172 valence electrons. The molecule has 0 bridgehead atoms. The Bertz CT molecular complexity index is 774. The van der Waals surface area contributed by atoms with Gasteiger partial charge in [0, 0.05) is 25.5 Å². The van der Waals surface area contributed by atoms with Crippen molar-refractivity contribution >= 4 is 17.8 Å². The Labute approximate surface area is 185 Å². The van der Waals surface area contributed by atoms with E-state index in [0.29, 0.717) is 54.9 Å². The summed E-state index contributed by atoms with van der Waals surface area (Å²) in [5.41, 5.74) is 0.969. The molecule has 1 aromatic carbocycles. The highest BCUT2D eigenvalue weighted by atomic mass is 16.5. The molecule has 2 atom stereocenters. The average Bonchev–Trinajstić information content (AvgIpc) is 2.70. The molecule has 31 heavy (non-hydrogen) atoms. The van der Waals surface area contributed by atoms with Crippen LogP contribution in [0.1, 0.15) is 61.4 Å². The lowest BCUT2D eigenvalue weighted by Crippen LogP contribution is -2.30. The normalized spacial score (nSPS) is 20.4. The predicted molar refractivity (Wildman–Crippen MR) is 120 cm³/mol. The van der Waals surface area contributed by atoms with Gasteiger partial charge in [-0.05, 0) is 58.3 Å². The number of benzene rings is 1. The first-order valence-corrected chi connectivity index (χ1v) is 10.9. The molecule has 0 unspecified atom stereocenters. The Morgan fingerprint density at radius 2 is 1.97 bits per heavy atom. The number of hydrogen-bond acceptors (Lipinski definition) is 7. The second-order valence-electron chi connectivity index (χ2n) is 8.26. The minimum Gasteiger partial charge on any atom is -0.496 e. The number of methoxy groups -OCH3 is 1. The smallest absolute Gasteiger partial charge is 0.342 e. The molecule has 0 saturated heterocycles. The monoisotopic (exact) mass is 433 g/mol. The third-order valence-electron chi connectivity index (χ3n) is 5.05. The molecule has 0 saturated carbocycles.